The molecule has 0 bridgehead atoms. The van der Waals surface area contributed by atoms with Crippen LogP contribution in [0.15, 0.2) is 42.7 Å². The van der Waals surface area contributed by atoms with Crippen molar-refractivity contribution >= 4 is 17.5 Å². The molecular formula is C18H18ClFN2O2. The van der Waals surface area contributed by atoms with E-state index in [1.54, 1.807) is 12.4 Å². The van der Waals surface area contributed by atoms with Crippen LogP contribution in [0.25, 0.3) is 0 Å². The second-order valence-corrected chi connectivity index (χ2v) is 6.22. The number of nitrogens with one attached hydrogen (secondary N) is 1. The molecule has 1 aromatic heterocycles. The fourth-order valence-corrected chi connectivity index (χ4v) is 3.23. The van der Waals surface area contributed by atoms with Crippen LogP contribution in [0.5, 0.6) is 0 Å². The average Bonchev–Trinajstić information content (AvgIpc) is 2.61. The predicted octanol–water partition coefficient (Wildman–Crippen LogP) is 3.77. The Morgan fingerprint density at radius 3 is 2.79 bits per heavy atom. The van der Waals surface area contributed by atoms with Gasteiger partial charge in [0.2, 0.25) is 0 Å². The average molecular weight is 349 g/mol. The molecule has 0 spiro atoms. The van der Waals surface area contributed by atoms with Crippen LogP contribution < -0.4 is 5.32 Å². The number of amides is 1. The van der Waals surface area contributed by atoms with E-state index >= 15 is 0 Å². The van der Waals surface area contributed by atoms with Crippen molar-refractivity contribution in [3.8, 4) is 0 Å². The van der Waals surface area contributed by atoms with Crippen LogP contribution in [0, 0.1) is 11.7 Å². The lowest BCUT2D eigenvalue weighted by Gasteiger charge is -2.31. The molecule has 1 amide bonds. The van der Waals surface area contributed by atoms with Crippen molar-refractivity contribution < 1.29 is 13.9 Å². The lowest BCUT2D eigenvalue weighted by Crippen LogP contribution is -2.36. The van der Waals surface area contributed by atoms with Gasteiger partial charge in [-0.25, -0.2) is 4.39 Å². The van der Waals surface area contributed by atoms with E-state index in [2.05, 4.69) is 10.3 Å². The Kier molecular flexibility index (Phi) is 5.43. The number of nitrogens with zero attached hydrogens (tertiary/aromatic N) is 1. The second kappa shape index (κ2) is 7.73. The smallest absolute Gasteiger partial charge is 0.253 e. The Balaban J connectivity index is 1.84. The first kappa shape index (κ1) is 16.9. The Morgan fingerprint density at radius 1 is 1.33 bits per heavy atom. The largest absolute Gasteiger partial charge is 0.381 e. The summed E-state index contributed by atoms with van der Waals surface area (Å²) in [4.78, 5) is 16.8. The molecule has 4 nitrogen and oxygen atoms in total. The standard InChI is InChI=1S/C18H18ClFN2O2/c19-16-10-14(20)3-4-15(16)18(23)22-17(12-5-8-24-9-6-12)13-2-1-7-21-11-13/h1-4,7,10-12,17H,5-6,8-9H2,(H,22,23)/t17-/m1/s1. The summed E-state index contributed by atoms with van der Waals surface area (Å²) in [6.45, 7) is 1.35. The van der Waals surface area contributed by atoms with Gasteiger partial charge in [0, 0.05) is 25.6 Å². The summed E-state index contributed by atoms with van der Waals surface area (Å²) in [5.41, 5.74) is 1.20. The van der Waals surface area contributed by atoms with Gasteiger partial charge in [0.05, 0.1) is 16.6 Å². The molecule has 1 fully saturated rings. The first-order valence-electron chi connectivity index (χ1n) is 7.89. The number of rotatable bonds is 4. The monoisotopic (exact) mass is 348 g/mol. The Morgan fingerprint density at radius 2 is 2.12 bits per heavy atom. The van der Waals surface area contributed by atoms with Crippen molar-refractivity contribution in [2.45, 2.75) is 18.9 Å². The molecule has 6 heteroatoms. The van der Waals surface area contributed by atoms with Gasteiger partial charge in [-0.15, -0.1) is 0 Å². The second-order valence-electron chi connectivity index (χ2n) is 5.81. The van der Waals surface area contributed by atoms with E-state index in [9.17, 15) is 9.18 Å². The molecule has 1 aliphatic heterocycles. The van der Waals surface area contributed by atoms with Gasteiger partial charge in [0.25, 0.3) is 5.91 Å². The molecule has 0 radical (unpaired) electrons. The summed E-state index contributed by atoms with van der Waals surface area (Å²) >= 11 is 6.01. The molecule has 24 heavy (non-hydrogen) atoms. The zero-order valence-corrected chi connectivity index (χ0v) is 13.8. The fourth-order valence-electron chi connectivity index (χ4n) is 2.98. The summed E-state index contributed by atoms with van der Waals surface area (Å²) in [5, 5.41) is 3.14. The van der Waals surface area contributed by atoms with Gasteiger partial charge in [-0.3, -0.25) is 9.78 Å². The van der Waals surface area contributed by atoms with E-state index in [-0.39, 0.29) is 28.5 Å². The number of carbonyl (C=O) groups is 1. The van der Waals surface area contributed by atoms with E-state index in [0.717, 1.165) is 24.5 Å². The van der Waals surface area contributed by atoms with Crippen molar-refractivity contribution in [1.29, 1.82) is 0 Å². The normalized spacial score (nSPS) is 16.6. The molecule has 2 heterocycles. The maximum Gasteiger partial charge on any atom is 0.253 e. The van der Waals surface area contributed by atoms with Crippen molar-refractivity contribution in [1.82, 2.24) is 10.3 Å². The van der Waals surface area contributed by atoms with Gasteiger partial charge < -0.3 is 10.1 Å². The molecular weight excluding hydrogens is 331 g/mol. The number of hydrogen-bond donors (Lipinski definition) is 1. The Labute approximate surface area is 145 Å². The number of hydrogen-bond acceptors (Lipinski definition) is 3. The van der Waals surface area contributed by atoms with Gasteiger partial charge in [-0.05, 0) is 48.6 Å². The van der Waals surface area contributed by atoms with Crippen LogP contribution in [0.1, 0.15) is 34.8 Å². The summed E-state index contributed by atoms with van der Waals surface area (Å²) < 4.78 is 18.6. The number of benzene rings is 1. The molecule has 1 atom stereocenters. The van der Waals surface area contributed by atoms with Gasteiger partial charge >= 0.3 is 0 Å². The summed E-state index contributed by atoms with van der Waals surface area (Å²) in [5.74, 6) is -0.531. The highest BCUT2D eigenvalue weighted by molar-refractivity contribution is 6.33. The number of carbonyl (C=O) groups excluding carboxylic acids is 1. The number of ether oxygens (including phenoxy) is 1. The minimum absolute atomic E-state index is 0.101. The van der Waals surface area contributed by atoms with E-state index in [1.807, 2.05) is 12.1 Å². The molecule has 2 aromatic rings. The number of halogens is 2. The molecule has 1 N–H and O–H groups in total. The van der Waals surface area contributed by atoms with E-state index in [0.29, 0.717) is 13.2 Å². The highest BCUT2D eigenvalue weighted by Gasteiger charge is 2.28. The maximum atomic E-state index is 13.2. The third-order valence-electron chi connectivity index (χ3n) is 4.24. The van der Waals surface area contributed by atoms with Crippen molar-refractivity contribution in [2.75, 3.05) is 13.2 Å². The van der Waals surface area contributed by atoms with E-state index in [4.69, 9.17) is 16.3 Å². The Hall–Kier alpha value is -1.98. The zero-order valence-electron chi connectivity index (χ0n) is 13.0. The molecule has 126 valence electrons. The lowest BCUT2D eigenvalue weighted by atomic mass is 9.87. The predicted molar refractivity (Wildman–Crippen MR) is 89.4 cm³/mol. The topological polar surface area (TPSA) is 51.2 Å². The zero-order chi connectivity index (χ0) is 16.9. The van der Waals surface area contributed by atoms with Gasteiger partial charge in [0.1, 0.15) is 5.82 Å². The molecule has 1 aliphatic rings. The van der Waals surface area contributed by atoms with Gasteiger partial charge in [0.15, 0.2) is 0 Å². The minimum Gasteiger partial charge on any atom is -0.381 e. The molecule has 1 aromatic carbocycles. The highest BCUT2D eigenvalue weighted by atomic mass is 35.5. The first-order chi connectivity index (χ1) is 11.6. The molecule has 1 saturated heterocycles. The molecule has 0 saturated carbocycles. The quantitative estimate of drug-likeness (QED) is 0.915. The number of pyridine rings is 1. The third-order valence-corrected chi connectivity index (χ3v) is 4.56. The van der Waals surface area contributed by atoms with Crippen LogP contribution in [0.2, 0.25) is 5.02 Å². The van der Waals surface area contributed by atoms with Gasteiger partial charge in [-0.2, -0.15) is 0 Å². The SMILES string of the molecule is O=C(N[C@@H](c1cccnc1)C1CCOCC1)c1ccc(F)cc1Cl. The van der Waals surface area contributed by atoms with E-state index < -0.39 is 5.82 Å². The number of aromatic nitrogens is 1. The lowest BCUT2D eigenvalue weighted by molar-refractivity contribution is 0.0513. The van der Waals surface area contributed by atoms with E-state index in [1.165, 1.54) is 12.1 Å². The maximum absolute atomic E-state index is 13.2. The van der Waals surface area contributed by atoms with Crippen LogP contribution in [0.3, 0.4) is 0 Å². The highest BCUT2D eigenvalue weighted by Crippen LogP contribution is 2.30. The van der Waals surface area contributed by atoms with Gasteiger partial charge in [-0.1, -0.05) is 17.7 Å². The third kappa shape index (κ3) is 3.91. The van der Waals surface area contributed by atoms with Crippen LogP contribution in [-0.2, 0) is 4.74 Å². The van der Waals surface area contributed by atoms with Crippen LogP contribution >= 0.6 is 11.6 Å². The van der Waals surface area contributed by atoms with Crippen LogP contribution in [-0.4, -0.2) is 24.1 Å². The summed E-state index contributed by atoms with van der Waals surface area (Å²) in [6.07, 6.45) is 5.17. The Bertz CT molecular complexity index is 705. The summed E-state index contributed by atoms with van der Waals surface area (Å²) in [6, 6.07) is 7.38. The fraction of sp³-hybridized carbons (Fsp3) is 0.333. The molecule has 0 aliphatic carbocycles. The van der Waals surface area contributed by atoms with Crippen molar-refractivity contribution in [3.05, 3.63) is 64.7 Å². The van der Waals surface area contributed by atoms with Crippen molar-refractivity contribution in [3.63, 3.8) is 0 Å². The first-order valence-corrected chi connectivity index (χ1v) is 8.26. The summed E-state index contributed by atoms with van der Waals surface area (Å²) in [7, 11) is 0. The van der Waals surface area contributed by atoms with Crippen molar-refractivity contribution in [2.24, 2.45) is 5.92 Å². The molecule has 0 unspecified atom stereocenters. The molecule has 3 rings (SSSR count). The van der Waals surface area contributed by atoms with Crippen LogP contribution in [0.4, 0.5) is 4.39 Å². The minimum atomic E-state index is -0.468.